The molecule has 2 unspecified atom stereocenters. The average molecular weight is 250 g/mol. The van der Waals surface area contributed by atoms with Crippen LogP contribution < -0.4 is 16.6 Å². The van der Waals surface area contributed by atoms with Gasteiger partial charge >= 0.3 is 0 Å². The molecule has 1 aliphatic carbocycles. The normalized spacial score (nSPS) is 22.8. The highest BCUT2D eigenvalue weighted by Gasteiger charge is 2.29. The van der Waals surface area contributed by atoms with Crippen molar-refractivity contribution in [2.24, 2.45) is 5.84 Å². The second-order valence-electron chi connectivity index (χ2n) is 4.35. The lowest BCUT2D eigenvalue weighted by Crippen LogP contribution is -2.41. The number of hydrogen-bond acceptors (Lipinski definition) is 5. The zero-order valence-corrected chi connectivity index (χ0v) is 10.3. The van der Waals surface area contributed by atoms with Gasteiger partial charge in [0.2, 0.25) is 0 Å². The van der Waals surface area contributed by atoms with Crippen LogP contribution in [0.4, 0.5) is 5.69 Å². The van der Waals surface area contributed by atoms with E-state index in [2.05, 4.69) is 15.7 Å². The molecule has 4 N–H and O–H groups in total. The summed E-state index contributed by atoms with van der Waals surface area (Å²) in [6, 6.07) is 1.73. The molecule has 0 spiro atoms. The monoisotopic (exact) mass is 250 g/mol. The number of ether oxygens (including phenoxy) is 1. The van der Waals surface area contributed by atoms with Crippen molar-refractivity contribution in [2.45, 2.75) is 31.4 Å². The first-order valence-electron chi connectivity index (χ1n) is 6.00. The van der Waals surface area contributed by atoms with Crippen LogP contribution in [0.1, 0.15) is 29.6 Å². The molecule has 18 heavy (non-hydrogen) atoms. The number of methoxy groups -OCH3 is 1. The Morgan fingerprint density at radius 2 is 2.39 bits per heavy atom. The van der Waals surface area contributed by atoms with Crippen molar-refractivity contribution in [1.82, 2.24) is 10.3 Å². The third-order valence-electron chi connectivity index (χ3n) is 3.29. The molecule has 0 aromatic carbocycles. The number of anilines is 1. The van der Waals surface area contributed by atoms with Crippen molar-refractivity contribution in [3.05, 3.63) is 24.0 Å². The number of nitrogen functional groups attached to an aromatic ring is 1. The number of nitrogens with one attached hydrogen (secondary N) is 2. The van der Waals surface area contributed by atoms with Gasteiger partial charge in [0, 0.05) is 19.5 Å². The third kappa shape index (κ3) is 2.60. The van der Waals surface area contributed by atoms with Crippen molar-refractivity contribution in [3.63, 3.8) is 0 Å². The van der Waals surface area contributed by atoms with Crippen molar-refractivity contribution in [3.8, 4) is 0 Å². The van der Waals surface area contributed by atoms with Crippen LogP contribution in [0.15, 0.2) is 18.5 Å². The summed E-state index contributed by atoms with van der Waals surface area (Å²) >= 11 is 0. The molecule has 0 bridgehead atoms. The molecule has 2 rings (SSSR count). The fourth-order valence-electron chi connectivity index (χ4n) is 2.32. The van der Waals surface area contributed by atoms with Crippen LogP contribution >= 0.6 is 0 Å². The number of nitrogens with two attached hydrogens (primary N) is 1. The number of hydrogen-bond donors (Lipinski definition) is 3. The molecule has 6 heteroatoms. The zero-order chi connectivity index (χ0) is 13.0. The average Bonchev–Trinajstić information content (AvgIpc) is 2.85. The maximum Gasteiger partial charge on any atom is 0.255 e. The van der Waals surface area contributed by atoms with Gasteiger partial charge in [0.25, 0.3) is 5.91 Å². The molecule has 0 saturated heterocycles. The lowest BCUT2D eigenvalue weighted by molar-refractivity contribution is 0.0722. The Bertz CT molecular complexity index is 424. The van der Waals surface area contributed by atoms with Gasteiger partial charge < -0.3 is 15.5 Å². The van der Waals surface area contributed by atoms with Gasteiger partial charge in [-0.1, -0.05) is 0 Å². The number of carbonyl (C=O) groups is 1. The Morgan fingerprint density at radius 1 is 1.56 bits per heavy atom. The van der Waals surface area contributed by atoms with Crippen molar-refractivity contribution in [2.75, 3.05) is 12.5 Å². The lowest BCUT2D eigenvalue weighted by Gasteiger charge is -2.20. The third-order valence-corrected chi connectivity index (χ3v) is 3.29. The van der Waals surface area contributed by atoms with Crippen LogP contribution in [-0.2, 0) is 4.74 Å². The van der Waals surface area contributed by atoms with Crippen molar-refractivity contribution in [1.29, 1.82) is 0 Å². The summed E-state index contributed by atoms with van der Waals surface area (Å²) in [6.45, 7) is 0. The van der Waals surface area contributed by atoms with Gasteiger partial charge in [-0.2, -0.15) is 0 Å². The van der Waals surface area contributed by atoms with Gasteiger partial charge in [-0.05, 0) is 25.3 Å². The predicted octanol–water partition coefficient (Wildman–Crippen LogP) is 0.665. The van der Waals surface area contributed by atoms with E-state index in [4.69, 9.17) is 10.6 Å². The lowest BCUT2D eigenvalue weighted by atomic mass is 10.1. The topological polar surface area (TPSA) is 89.3 Å². The molecule has 1 aromatic rings. The summed E-state index contributed by atoms with van der Waals surface area (Å²) in [4.78, 5) is 16.1. The first kappa shape index (κ1) is 12.8. The van der Waals surface area contributed by atoms with Crippen LogP contribution in [0.2, 0.25) is 0 Å². The number of pyridine rings is 1. The summed E-state index contributed by atoms with van der Waals surface area (Å²) in [5, 5.41) is 2.97. The molecule has 1 aliphatic rings. The van der Waals surface area contributed by atoms with E-state index < -0.39 is 0 Å². The number of hydrazine groups is 1. The summed E-state index contributed by atoms with van der Waals surface area (Å²) in [6.07, 6.45) is 6.17. The standard InChI is InChI=1S/C12H18N4O2/c1-18-11-4-2-3-10(11)15-12(17)8-7-14-6-5-9(8)16-13/h5-7,10-11H,2-4,13H2,1H3,(H,14,16)(H,15,17). The molecule has 1 saturated carbocycles. The fraction of sp³-hybridized carbons (Fsp3) is 0.500. The Hall–Kier alpha value is -1.66. The van der Waals surface area contributed by atoms with Gasteiger partial charge in [-0.25, -0.2) is 0 Å². The summed E-state index contributed by atoms with van der Waals surface area (Å²) in [7, 11) is 1.67. The number of aromatic nitrogens is 1. The summed E-state index contributed by atoms with van der Waals surface area (Å²) in [5.74, 6) is 5.19. The summed E-state index contributed by atoms with van der Waals surface area (Å²) in [5.41, 5.74) is 3.50. The van der Waals surface area contributed by atoms with Crippen LogP contribution in [0.25, 0.3) is 0 Å². The second kappa shape index (κ2) is 5.79. The predicted molar refractivity (Wildman–Crippen MR) is 67.9 cm³/mol. The molecule has 1 fully saturated rings. The number of rotatable bonds is 4. The Morgan fingerprint density at radius 3 is 3.11 bits per heavy atom. The maximum absolute atomic E-state index is 12.1. The zero-order valence-electron chi connectivity index (χ0n) is 10.3. The minimum atomic E-state index is -0.176. The Kier molecular flexibility index (Phi) is 4.11. The number of nitrogens with zero attached hydrogens (tertiary/aromatic N) is 1. The number of amides is 1. The molecular formula is C12H18N4O2. The van der Waals surface area contributed by atoms with Crippen LogP contribution in [0.3, 0.4) is 0 Å². The molecule has 1 heterocycles. The largest absolute Gasteiger partial charge is 0.379 e. The van der Waals surface area contributed by atoms with Crippen molar-refractivity contribution >= 4 is 11.6 Å². The first-order chi connectivity index (χ1) is 8.76. The first-order valence-corrected chi connectivity index (χ1v) is 6.00. The van der Waals surface area contributed by atoms with E-state index in [-0.39, 0.29) is 18.1 Å². The Labute approximate surface area is 106 Å². The molecular weight excluding hydrogens is 232 g/mol. The molecule has 1 aromatic heterocycles. The SMILES string of the molecule is COC1CCCC1NC(=O)c1cnccc1NN. The van der Waals surface area contributed by atoms with Gasteiger partial charge in [-0.3, -0.25) is 15.6 Å². The minimum absolute atomic E-state index is 0.0633. The van der Waals surface area contributed by atoms with Gasteiger partial charge in [0.05, 0.1) is 23.4 Å². The molecule has 98 valence electrons. The summed E-state index contributed by atoms with van der Waals surface area (Å²) < 4.78 is 5.35. The van der Waals surface area contributed by atoms with E-state index in [0.29, 0.717) is 11.3 Å². The van der Waals surface area contributed by atoms with E-state index in [9.17, 15) is 4.79 Å². The van der Waals surface area contributed by atoms with Crippen LogP contribution in [-0.4, -0.2) is 30.1 Å². The molecule has 0 aliphatic heterocycles. The Balaban J connectivity index is 2.07. The van der Waals surface area contributed by atoms with Gasteiger partial charge in [0.15, 0.2) is 0 Å². The molecule has 6 nitrogen and oxygen atoms in total. The van der Waals surface area contributed by atoms with E-state index in [1.165, 1.54) is 6.20 Å². The fourth-order valence-corrected chi connectivity index (χ4v) is 2.32. The van der Waals surface area contributed by atoms with Crippen LogP contribution in [0.5, 0.6) is 0 Å². The van der Waals surface area contributed by atoms with E-state index >= 15 is 0 Å². The van der Waals surface area contributed by atoms with Gasteiger partial charge in [-0.15, -0.1) is 0 Å². The molecule has 1 amide bonds. The number of carbonyl (C=O) groups excluding carboxylic acids is 1. The molecule has 0 radical (unpaired) electrons. The van der Waals surface area contributed by atoms with Gasteiger partial charge in [0.1, 0.15) is 0 Å². The van der Waals surface area contributed by atoms with E-state index in [0.717, 1.165) is 19.3 Å². The maximum atomic E-state index is 12.1. The highest BCUT2D eigenvalue weighted by Crippen LogP contribution is 2.22. The second-order valence-corrected chi connectivity index (χ2v) is 4.35. The van der Waals surface area contributed by atoms with Crippen molar-refractivity contribution < 1.29 is 9.53 Å². The quantitative estimate of drug-likeness (QED) is 0.539. The van der Waals surface area contributed by atoms with Crippen LogP contribution in [0, 0.1) is 0 Å². The van der Waals surface area contributed by atoms with E-state index in [1.54, 1.807) is 19.4 Å². The van der Waals surface area contributed by atoms with E-state index in [1.807, 2.05) is 0 Å². The highest BCUT2D eigenvalue weighted by atomic mass is 16.5. The molecule has 2 atom stereocenters. The smallest absolute Gasteiger partial charge is 0.255 e. The highest BCUT2D eigenvalue weighted by molar-refractivity contribution is 5.99. The minimum Gasteiger partial charge on any atom is -0.379 e.